The van der Waals surface area contributed by atoms with Gasteiger partial charge in [-0.25, -0.2) is 4.39 Å². The van der Waals surface area contributed by atoms with Crippen LogP contribution < -0.4 is 0 Å². The Labute approximate surface area is 180 Å². The Morgan fingerprint density at radius 2 is 1.87 bits per heavy atom. The van der Waals surface area contributed by atoms with Gasteiger partial charge in [0.1, 0.15) is 11.9 Å². The van der Waals surface area contributed by atoms with Gasteiger partial charge in [-0.3, -0.25) is 9.59 Å². The molecule has 0 spiro atoms. The van der Waals surface area contributed by atoms with E-state index in [1.807, 2.05) is 0 Å². The van der Waals surface area contributed by atoms with Crippen molar-refractivity contribution in [1.82, 2.24) is 9.80 Å². The van der Waals surface area contributed by atoms with E-state index in [-0.39, 0.29) is 49.8 Å². The Hall–Kier alpha value is -2.07. The fraction of sp³-hybridized carbons (Fsp3) is 0.636. The van der Waals surface area contributed by atoms with Crippen LogP contribution in [-0.4, -0.2) is 97.1 Å². The van der Waals surface area contributed by atoms with E-state index in [4.69, 9.17) is 14.2 Å². The molecule has 170 valence electrons. The first-order chi connectivity index (χ1) is 15.0. The molecular formula is C22H29FN2O6. The number of benzene rings is 1. The lowest BCUT2D eigenvalue weighted by Crippen LogP contribution is -2.57. The summed E-state index contributed by atoms with van der Waals surface area (Å²) in [6.45, 7) is 2.56. The maximum absolute atomic E-state index is 14.3. The number of morpholine rings is 1. The molecule has 0 aliphatic carbocycles. The Balaban J connectivity index is 1.46. The molecule has 9 heteroatoms. The molecule has 31 heavy (non-hydrogen) atoms. The van der Waals surface area contributed by atoms with Crippen LogP contribution in [0.1, 0.15) is 29.6 Å². The number of carbonyl (C=O) groups is 2. The van der Waals surface area contributed by atoms with Gasteiger partial charge in [-0.1, -0.05) is 12.1 Å². The molecule has 0 bridgehead atoms. The van der Waals surface area contributed by atoms with Gasteiger partial charge in [0.05, 0.1) is 56.7 Å². The van der Waals surface area contributed by atoms with Crippen LogP contribution in [0.2, 0.25) is 0 Å². The summed E-state index contributed by atoms with van der Waals surface area (Å²) in [5, 5.41) is 10.2. The number of aliphatic hydroxyl groups is 1. The first-order valence-corrected chi connectivity index (χ1v) is 10.8. The van der Waals surface area contributed by atoms with E-state index in [0.29, 0.717) is 39.1 Å². The van der Waals surface area contributed by atoms with E-state index >= 15 is 0 Å². The standard InChI is InChI=1S/C22H29FN2O6/c23-18-4-2-1-3-17(18)22(28)25-12-15(26)13-30-14-20-19(25)6-5-16(31-20)11-21(27)24-7-9-29-10-8-24/h1-4,15-16,19-20,26H,5-14H2/t15-,16-,19+,20-/m0/s1. The summed E-state index contributed by atoms with van der Waals surface area (Å²) < 4.78 is 31.3. The Morgan fingerprint density at radius 1 is 1.10 bits per heavy atom. The van der Waals surface area contributed by atoms with Crippen molar-refractivity contribution in [3.8, 4) is 0 Å². The predicted molar refractivity (Wildman–Crippen MR) is 108 cm³/mol. The highest BCUT2D eigenvalue weighted by Gasteiger charge is 2.41. The van der Waals surface area contributed by atoms with Crippen molar-refractivity contribution < 1.29 is 33.3 Å². The molecule has 1 N–H and O–H groups in total. The number of ether oxygens (including phenoxy) is 3. The summed E-state index contributed by atoms with van der Waals surface area (Å²) in [6, 6.07) is 5.48. The lowest BCUT2D eigenvalue weighted by atomic mass is 9.94. The van der Waals surface area contributed by atoms with Crippen molar-refractivity contribution in [2.45, 2.75) is 43.6 Å². The van der Waals surface area contributed by atoms with Crippen molar-refractivity contribution in [3.05, 3.63) is 35.6 Å². The molecule has 1 aromatic rings. The van der Waals surface area contributed by atoms with Crippen LogP contribution in [0.4, 0.5) is 4.39 Å². The fourth-order valence-corrected chi connectivity index (χ4v) is 4.50. The number of fused-ring (bicyclic) bond motifs is 1. The summed E-state index contributed by atoms with van der Waals surface area (Å²) >= 11 is 0. The minimum atomic E-state index is -0.864. The average molecular weight is 436 g/mol. The SMILES string of the molecule is O=C(C[C@@H]1CC[C@@H]2[C@H](COC[C@@H](O)CN2C(=O)c2ccccc2F)O1)N1CCOCC1. The number of rotatable bonds is 3. The predicted octanol–water partition coefficient (Wildman–Crippen LogP) is 0.824. The minimum Gasteiger partial charge on any atom is -0.389 e. The molecule has 3 fully saturated rings. The van der Waals surface area contributed by atoms with E-state index in [9.17, 15) is 19.1 Å². The molecule has 0 saturated carbocycles. The molecule has 3 aliphatic heterocycles. The molecule has 0 aromatic heterocycles. The maximum Gasteiger partial charge on any atom is 0.257 e. The molecule has 2 amide bonds. The van der Waals surface area contributed by atoms with Gasteiger partial charge in [0.15, 0.2) is 0 Å². The van der Waals surface area contributed by atoms with Crippen LogP contribution in [0.3, 0.4) is 0 Å². The van der Waals surface area contributed by atoms with Crippen molar-refractivity contribution in [3.63, 3.8) is 0 Å². The number of aliphatic hydroxyl groups excluding tert-OH is 1. The fourth-order valence-electron chi connectivity index (χ4n) is 4.50. The third-order valence-corrected chi connectivity index (χ3v) is 6.11. The number of nitrogens with zero attached hydrogens (tertiary/aromatic N) is 2. The number of hydrogen-bond acceptors (Lipinski definition) is 6. The van der Waals surface area contributed by atoms with Gasteiger partial charge in [-0.15, -0.1) is 0 Å². The zero-order valence-corrected chi connectivity index (χ0v) is 17.5. The summed E-state index contributed by atoms with van der Waals surface area (Å²) in [5.41, 5.74) is -0.0282. The van der Waals surface area contributed by atoms with Gasteiger partial charge in [-0.2, -0.15) is 0 Å². The zero-order chi connectivity index (χ0) is 21.8. The van der Waals surface area contributed by atoms with E-state index in [0.717, 1.165) is 0 Å². The van der Waals surface area contributed by atoms with Gasteiger partial charge in [0, 0.05) is 19.6 Å². The maximum atomic E-state index is 14.3. The van der Waals surface area contributed by atoms with Crippen LogP contribution in [-0.2, 0) is 19.0 Å². The van der Waals surface area contributed by atoms with Crippen molar-refractivity contribution in [1.29, 1.82) is 0 Å². The van der Waals surface area contributed by atoms with E-state index in [1.165, 1.54) is 23.1 Å². The first-order valence-electron chi connectivity index (χ1n) is 10.8. The topological polar surface area (TPSA) is 88.5 Å². The van der Waals surface area contributed by atoms with Crippen molar-refractivity contribution >= 4 is 11.8 Å². The third kappa shape index (κ3) is 5.23. The summed E-state index contributed by atoms with van der Waals surface area (Å²) in [6.07, 6.45) is -0.129. The van der Waals surface area contributed by atoms with Crippen molar-refractivity contribution in [2.75, 3.05) is 46.1 Å². The lowest BCUT2D eigenvalue weighted by Gasteiger charge is -2.44. The molecule has 3 saturated heterocycles. The molecule has 3 heterocycles. The second kappa shape index (κ2) is 10.0. The van der Waals surface area contributed by atoms with Gasteiger partial charge < -0.3 is 29.1 Å². The monoisotopic (exact) mass is 436 g/mol. The summed E-state index contributed by atoms with van der Waals surface area (Å²) in [7, 11) is 0. The molecule has 0 unspecified atom stereocenters. The molecule has 8 nitrogen and oxygen atoms in total. The van der Waals surface area contributed by atoms with E-state index in [2.05, 4.69) is 0 Å². The van der Waals surface area contributed by atoms with E-state index in [1.54, 1.807) is 11.0 Å². The highest BCUT2D eigenvalue weighted by Crippen LogP contribution is 2.29. The van der Waals surface area contributed by atoms with Gasteiger partial charge in [-0.05, 0) is 25.0 Å². The van der Waals surface area contributed by atoms with E-state index < -0.39 is 23.9 Å². The molecule has 4 rings (SSSR count). The smallest absolute Gasteiger partial charge is 0.257 e. The van der Waals surface area contributed by atoms with Crippen LogP contribution in [0, 0.1) is 5.82 Å². The second-order valence-electron chi connectivity index (χ2n) is 8.27. The number of β-amino-alcohol motifs (C(OH)–C–C–N with tert-alkyl or cyclic N) is 1. The largest absolute Gasteiger partial charge is 0.389 e. The van der Waals surface area contributed by atoms with Gasteiger partial charge in [0.25, 0.3) is 5.91 Å². The quantitative estimate of drug-likeness (QED) is 0.755. The average Bonchev–Trinajstić information content (AvgIpc) is 2.77. The number of carbonyl (C=O) groups excluding carboxylic acids is 2. The Bertz CT molecular complexity index is 787. The number of halogens is 1. The van der Waals surface area contributed by atoms with Gasteiger partial charge in [0.2, 0.25) is 5.91 Å². The molecular weight excluding hydrogens is 407 g/mol. The van der Waals surface area contributed by atoms with Gasteiger partial charge >= 0.3 is 0 Å². The molecule has 3 aliphatic rings. The third-order valence-electron chi connectivity index (χ3n) is 6.11. The van der Waals surface area contributed by atoms with Crippen LogP contribution in [0.15, 0.2) is 24.3 Å². The second-order valence-corrected chi connectivity index (χ2v) is 8.27. The first kappa shape index (κ1) is 22.1. The highest BCUT2D eigenvalue weighted by atomic mass is 19.1. The zero-order valence-electron chi connectivity index (χ0n) is 17.5. The summed E-state index contributed by atoms with van der Waals surface area (Å²) in [4.78, 5) is 29.1. The normalized spacial score (nSPS) is 29.6. The number of amides is 2. The summed E-state index contributed by atoms with van der Waals surface area (Å²) in [5.74, 6) is -1.03. The lowest BCUT2D eigenvalue weighted by molar-refractivity contribution is -0.157. The number of hydrogen-bond donors (Lipinski definition) is 1. The van der Waals surface area contributed by atoms with Crippen LogP contribution >= 0.6 is 0 Å². The van der Waals surface area contributed by atoms with Crippen molar-refractivity contribution in [2.24, 2.45) is 0 Å². The molecule has 4 atom stereocenters. The Kier molecular flexibility index (Phi) is 7.16. The molecule has 0 radical (unpaired) electrons. The molecule has 1 aromatic carbocycles. The van der Waals surface area contributed by atoms with Crippen LogP contribution in [0.5, 0.6) is 0 Å². The van der Waals surface area contributed by atoms with Crippen LogP contribution in [0.25, 0.3) is 0 Å². The highest BCUT2D eigenvalue weighted by molar-refractivity contribution is 5.94. The minimum absolute atomic E-state index is 0.0282. The Morgan fingerprint density at radius 3 is 2.65 bits per heavy atom.